The van der Waals surface area contributed by atoms with Gasteiger partial charge in [-0.15, -0.1) is 0 Å². The summed E-state index contributed by atoms with van der Waals surface area (Å²) in [6, 6.07) is 12.7. The number of likely N-dealkylation sites (N-methyl/N-ethyl adjacent to an activating group) is 1. The van der Waals surface area contributed by atoms with Crippen LogP contribution < -0.4 is 4.90 Å². The summed E-state index contributed by atoms with van der Waals surface area (Å²) >= 11 is 0. The number of para-hydroxylation sites is 1. The SMILES string of the molecule is CCCCCCCCN(CCN(C)C)c1ccc2ccccc2n1. The number of hydrogen-bond donors (Lipinski definition) is 0. The Kier molecular flexibility index (Phi) is 8.03. The third kappa shape index (κ3) is 6.12. The lowest BCUT2D eigenvalue weighted by Gasteiger charge is -2.25. The summed E-state index contributed by atoms with van der Waals surface area (Å²) < 4.78 is 0. The first-order valence-electron chi connectivity index (χ1n) is 9.46. The second-order valence-corrected chi connectivity index (χ2v) is 6.92. The van der Waals surface area contributed by atoms with Gasteiger partial charge in [-0.3, -0.25) is 0 Å². The number of pyridine rings is 1. The second kappa shape index (κ2) is 10.3. The predicted molar refractivity (Wildman–Crippen MR) is 106 cm³/mol. The van der Waals surface area contributed by atoms with Crippen molar-refractivity contribution in [2.24, 2.45) is 0 Å². The van der Waals surface area contributed by atoms with E-state index in [4.69, 9.17) is 4.98 Å². The first-order chi connectivity index (χ1) is 11.7. The van der Waals surface area contributed by atoms with Crippen molar-refractivity contribution >= 4 is 16.7 Å². The standard InChI is InChI=1S/C21H33N3/c1-4-5-6-7-8-11-16-24(18-17-23(2)3)21-15-14-19-12-9-10-13-20(19)22-21/h9-10,12-15H,4-8,11,16-18H2,1-3H3. The van der Waals surface area contributed by atoms with Gasteiger partial charge >= 0.3 is 0 Å². The van der Waals surface area contributed by atoms with E-state index in [0.29, 0.717) is 0 Å². The molecule has 0 aliphatic rings. The van der Waals surface area contributed by atoms with Crippen molar-refractivity contribution in [3.8, 4) is 0 Å². The maximum absolute atomic E-state index is 4.89. The van der Waals surface area contributed by atoms with Crippen LogP contribution >= 0.6 is 0 Å². The lowest BCUT2D eigenvalue weighted by Crippen LogP contribution is -2.33. The average molecular weight is 328 g/mol. The number of hydrogen-bond acceptors (Lipinski definition) is 3. The van der Waals surface area contributed by atoms with E-state index in [1.165, 1.54) is 43.9 Å². The van der Waals surface area contributed by atoms with Gasteiger partial charge in [0, 0.05) is 25.0 Å². The fourth-order valence-electron chi connectivity index (χ4n) is 2.98. The maximum Gasteiger partial charge on any atom is 0.129 e. The van der Waals surface area contributed by atoms with E-state index in [1.807, 2.05) is 0 Å². The number of benzene rings is 1. The third-order valence-corrected chi connectivity index (χ3v) is 4.51. The van der Waals surface area contributed by atoms with Crippen molar-refractivity contribution in [2.45, 2.75) is 45.4 Å². The highest BCUT2D eigenvalue weighted by molar-refractivity contribution is 5.80. The van der Waals surface area contributed by atoms with Gasteiger partial charge < -0.3 is 9.80 Å². The van der Waals surface area contributed by atoms with Gasteiger partial charge in [-0.05, 0) is 38.7 Å². The van der Waals surface area contributed by atoms with Gasteiger partial charge in [-0.25, -0.2) is 4.98 Å². The molecule has 2 aromatic rings. The van der Waals surface area contributed by atoms with Gasteiger partial charge in [0.05, 0.1) is 5.52 Å². The first kappa shape index (κ1) is 18.7. The van der Waals surface area contributed by atoms with Crippen LogP contribution in [0.2, 0.25) is 0 Å². The molecular formula is C21H33N3. The zero-order valence-corrected chi connectivity index (χ0v) is 15.7. The van der Waals surface area contributed by atoms with Gasteiger partial charge in [0.25, 0.3) is 0 Å². The van der Waals surface area contributed by atoms with E-state index >= 15 is 0 Å². The van der Waals surface area contributed by atoms with E-state index in [0.717, 1.165) is 31.0 Å². The average Bonchev–Trinajstić information content (AvgIpc) is 2.60. The highest BCUT2D eigenvalue weighted by Gasteiger charge is 2.09. The van der Waals surface area contributed by atoms with Crippen LogP contribution in [-0.4, -0.2) is 43.6 Å². The van der Waals surface area contributed by atoms with Gasteiger partial charge in [0.1, 0.15) is 5.82 Å². The number of anilines is 1. The van der Waals surface area contributed by atoms with Gasteiger partial charge in [0.2, 0.25) is 0 Å². The van der Waals surface area contributed by atoms with Gasteiger partial charge in [-0.1, -0.05) is 57.2 Å². The predicted octanol–water partition coefficient (Wildman–Crippen LogP) is 4.96. The zero-order valence-electron chi connectivity index (χ0n) is 15.7. The van der Waals surface area contributed by atoms with Crippen LogP contribution in [0.25, 0.3) is 10.9 Å². The Labute approximate surface area is 147 Å². The first-order valence-corrected chi connectivity index (χ1v) is 9.46. The maximum atomic E-state index is 4.89. The zero-order chi connectivity index (χ0) is 17.2. The monoisotopic (exact) mass is 327 g/mol. The highest BCUT2D eigenvalue weighted by atomic mass is 15.2. The molecule has 3 heteroatoms. The molecule has 0 saturated carbocycles. The molecule has 1 heterocycles. The van der Waals surface area contributed by atoms with Crippen LogP contribution in [0, 0.1) is 0 Å². The summed E-state index contributed by atoms with van der Waals surface area (Å²) in [5, 5.41) is 1.22. The number of aromatic nitrogens is 1. The molecule has 0 radical (unpaired) electrons. The van der Waals surface area contributed by atoms with Crippen LogP contribution in [0.15, 0.2) is 36.4 Å². The molecule has 132 valence electrons. The molecule has 3 nitrogen and oxygen atoms in total. The molecule has 24 heavy (non-hydrogen) atoms. The Balaban J connectivity index is 1.97. The fraction of sp³-hybridized carbons (Fsp3) is 0.571. The number of nitrogens with zero attached hydrogens (tertiary/aromatic N) is 3. The number of fused-ring (bicyclic) bond motifs is 1. The number of unbranched alkanes of at least 4 members (excludes halogenated alkanes) is 5. The van der Waals surface area contributed by atoms with Crippen molar-refractivity contribution in [1.29, 1.82) is 0 Å². The summed E-state index contributed by atoms with van der Waals surface area (Å²) in [5.41, 5.74) is 1.09. The van der Waals surface area contributed by atoms with E-state index < -0.39 is 0 Å². The minimum atomic E-state index is 1.04. The number of rotatable bonds is 11. The van der Waals surface area contributed by atoms with Gasteiger partial charge in [-0.2, -0.15) is 0 Å². The second-order valence-electron chi connectivity index (χ2n) is 6.92. The molecule has 1 aromatic heterocycles. The lowest BCUT2D eigenvalue weighted by molar-refractivity contribution is 0.411. The summed E-state index contributed by atoms with van der Waals surface area (Å²) in [6.45, 7) is 5.47. The Hall–Kier alpha value is -1.61. The van der Waals surface area contributed by atoms with Gasteiger partial charge in [0.15, 0.2) is 0 Å². The Morgan fingerprint density at radius 3 is 2.33 bits per heavy atom. The minimum absolute atomic E-state index is 1.04. The normalized spacial score (nSPS) is 11.3. The Bertz CT molecular complexity index is 594. The quantitative estimate of drug-likeness (QED) is 0.544. The summed E-state index contributed by atoms with van der Waals surface area (Å²) in [4.78, 5) is 9.59. The summed E-state index contributed by atoms with van der Waals surface area (Å²) in [7, 11) is 4.27. The van der Waals surface area contributed by atoms with E-state index in [-0.39, 0.29) is 0 Å². The highest BCUT2D eigenvalue weighted by Crippen LogP contribution is 2.18. The molecule has 0 amide bonds. The third-order valence-electron chi connectivity index (χ3n) is 4.51. The smallest absolute Gasteiger partial charge is 0.129 e. The van der Waals surface area contributed by atoms with Crippen LogP contribution in [0.5, 0.6) is 0 Å². The molecule has 0 saturated heterocycles. The van der Waals surface area contributed by atoms with Crippen molar-refractivity contribution in [2.75, 3.05) is 38.6 Å². The molecule has 0 unspecified atom stereocenters. The van der Waals surface area contributed by atoms with E-state index in [1.54, 1.807) is 0 Å². The molecule has 0 bridgehead atoms. The lowest BCUT2D eigenvalue weighted by atomic mass is 10.1. The molecule has 0 aliphatic carbocycles. The molecule has 0 atom stereocenters. The Morgan fingerprint density at radius 2 is 1.54 bits per heavy atom. The topological polar surface area (TPSA) is 19.4 Å². The van der Waals surface area contributed by atoms with E-state index in [2.05, 4.69) is 67.2 Å². The molecule has 1 aromatic carbocycles. The van der Waals surface area contributed by atoms with Crippen LogP contribution in [0.1, 0.15) is 45.4 Å². The molecule has 0 aliphatic heterocycles. The van der Waals surface area contributed by atoms with Crippen molar-refractivity contribution < 1.29 is 0 Å². The Morgan fingerprint density at radius 1 is 0.792 bits per heavy atom. The fourth-order valence-corrected chi connectivity index (χ4v) is 2.98. The molecule has 0 fully saturated rings. The van der Waals surface area contributed by atoms with Crippen molar-refractivity contribution in [1.82, 2.24) is 9.88 Å². The van der Waals surface area contributed by atoms with Crippen molar-refractivity contribution in [3.63, 3.8) is 0 Å². The molecule has 0 N–H and O–H groups in total. The summed E-state index contributed by atoms with van der Waals surface area (Å²) in [6.07, 6.45) is 8.01. The minimum Gasteiger partial charge on any atom is -0.355 e. The molecule has 2 rings (SSSR count). The largest absolute Gasteiger partial charge is 0.355 e. The molecule has 0 spiro atoms. The van der Waals surface area contributed by atoms with Crippen LogP contribution in [0.3, 0.4) is 0 Å². The van der Waals surface area contributed by atoms with Crippen molar-refractivity contribution in [3.05, 3.63) is 36.4 Å². The summed E-state index contributed by atoms with van der Waals surface area (Å²) in [5.74, 6) is 1.11. The van der Waals surface area contributed by atoms with Crippen LogP contribution in [0.4, 0.5) is 5.82 Å². The van der Waals surface area contributed by atoms with E-state index in [9.17, 15) is 0 Å². The molecular weight excluding hydrogens is 294 g/mol. The van der Waals surface area contributed by atoms with Crippen LogP contribution in [-0.2, 0) is 0 Å².